The Kier molecular flexibility index (Phi) is 6.76. The van der Waals surface area contributed by atoms with Crippen LogP contribution in [0.4, 0.5) is 0 Å². The molecule has 32 heavy (non-hydrogen) atoms. The summed E-state index contributed by atoms with van der Waals surface area (Å²) in [5, 5.41) is 9.92. The highest BCUT2D eigenvalue weighted by Gasteiger charge is 2.49. The Balaban J connectivity index is 1.80. The van der Waals surface area contributed by atoms with Crippen LogP contribution in [-0.4, -0.2) is 31.9 Å². The van der Waals surface area contributed by atoms with Crippen LogP contribution in [0.5, 0.6) is 11.5 Å². The van der Waals surface area contributed by atoms with E-state index in [0.29, 0.717) is 6.42 Å². The number of ether oxygens (including phenoxy) is 3. The van der Waals surface area contributed by atoms with Gasteiger partial charge in [0.15, 0.2) is 0 Å². The molecule has 1 fully saturated rings. The van der Waals surface area contributed by atoms with E-state index in [1.165, 1.54) is 0 Å². The van der Waals surface area contributed by atoms with Crippen molar-refractivity contribution in [3.63, 3.8) is 0 Å². The molecule has 0 bridgehead atoms. The lowest BCUT2D eigenvalue weighted by atomic mass is 9.71. The Morgan fingerprint density at radius 2 is 1.41 bits per heavy atom. The SMILES string of the molecule is COc1ccc([C@H]2C(=O)O[C@@H](c3ccc(OC)cc3)[C@@H]2[C@@H](CCO)c2ccccc2)cc1. The first kappa shape index (κ1) is 21.9. The molecule has 3 aromatic carbocycles. The molecule has 1 heterocycles. The molecule has 1 N–H and O–H groups in total. The first-order valence-electron chi connectivity index (χ1n) is 10.8. The number of methoxy groups -OCH3 is 2. The highest BCUT2D eigenvalue weighted by Crippen LogP contribution is 2.52. The Bertz CT molecular complexity index is 1010. The lowest BCUT2D eigenvalue weighted by Gasteiger charge is -2.30. The third-order valence-corrected chi connectivity index (χ3v) is 6.28. The number of hydrogen-bond donors (Lipinski definition) is 1. The van der Waals surface area contributed by atoms with Crippen LogP contribution in [0.3, 0.4) is 0 Å². The van der Waals surface area contributed by atoms with Crippen LogP contribution in [0.1, 0.15) is 41.1 Å². The van der Waals surface area contributed by atoms with E-state index in [2.05, 4.69) is 12.1 Å². The highest BCUT2D eigenvalue weighted by atomic mass is 16.6. The van der Waals surface area contributed by atoms with Crippen LogP contribution in [-0.2, 0) is 9.53 Å². The number of hydrogen-bond acceptors (Lipinski definition) is 5. The number of benzene rings is 3. The van der Waals surface area contributed by atoms with E-state index in [0.717, 1.165) is 28.2 Å². The van der Waals surface area contributed by atoms with Crippen molar-refractivity contribution in [3.8, 4) is 11.5 Å². The van der Waals surface area contributed by atoms with E-state index in [1.54, 1.807) is 14.2 Å². The Labute approximate surface area is 188 Å². The van der Waals surface area contributed by atoms with Crippen LogP contribution in [0.25, 0.3) is 0 Å². The summed E-state index contributed by atoms with van der Waals surface area (Å²) < 4.78 is 16.6. The van der Waals surface area contributed by atoms with Gasteiger partial charge in [-0.15, -0.1) is 0 Å². The Morgan fingerprint density at radius 1 is 0.844 bits per heavy atom. The van der Waals surface area contributed by atoms with Crippen molar-refractivity contribution in [3.05, 3.63) is 95.6 Å². The molecular weight excluding hydrogens is 404 g/mol. The summed E-state index contributed by atoms with van der Waals surface area (Å²) in [4.78, 5) is 13.2. The summed E-state index contributed by atoms with van der Waals surface area (Å²) in [5.41, 5.74) is 2.89. The summed E-state index contributed by atoms with van der Waals surface area (Å²) in [6.07, 6.45) is 0.0993. The van der Waals surface area contributed by atoms with Gasteiger partial charge >= 0.3 is 5.97 Å². The maximum atomic E-state index is 13.2. The van der Waals surface area contributed by atoms with Gasteiger partial charge in [0.2, 0.25) is 0 Å². The molecule has 4 rings (SSSR count). The van der Waals surface area contributed by atoms with Gasteiger partial charge < -0.3 is 19.3 Å². The monoisotopic (exact) mass is 432 g/mol. The average Bonchev–Trinajstić information content (AvgIpc) is 3.19. The highest BCUT2D eigenvalue weighted by molar-refractivity contribution is 5.81. The number of carbonyl (C=O) groups is 1. The second-order valence-corrected chi connectivity index (χ2v) is 7.99. The number of carbonyl (C=O) groups excluding carboxylic acids is 1. The molecule has 1 aliphatic rings. The minimum Gasteiger partial charge on any atom is -0.497 e. The first-order chi connectivity index (χ1) is 15.7. The molecule has 0 spiro atoms. The predicted molar refractivity (Wildman–Crippen MR) is 122 cm³/mol. The summed E-state index contributed by atoms with van der Waals surface area (Å²) in [7, 11) is 3.24. The minimum atomic E-state index is -0.454. The number of cyclic esters (lactones) is 1. The lowest BCUT2D eigenvalue weighted by Crippen LogP contribution is -2.24. The number of aliphatic hydroxyl groups is 1. The average molecular weight is 433 g/mol. The molecule has 1 saturated heterocycles. The third kappa shape index (κ3) is 4.34. The fourth-order valence-corrected chi connectivity index (χ4v) is 4.73. The summed E-state index contributed by atoms with van der Waals surface area (Å²) in [6.45, 7) is 0.0227. The van der Waals surface area contributed by atoms with E-state index in [9.17, 15) is 9.90 Å². The van der Waals surface area contributed by atoms with Crippen molar-refractivity contribution in [2.45, 2.75) is 24.4 Å². The van der Waals surface area contributed by atoms with Crippen molar-refractivity contribution in [1.29, 1.82) is 0 Å². The van der Waals surface area contributed by atoms with Crippen molar-refractivity contribution >= 4 is 5.97 Å². The molecular formula is C27H28O5. The number of rotatable bonds is 8. The molecule has 0 aliphatic carbocycles. The van der Waals surface area contributed by atoms with E-state index in [4.69, 9.17) is 14.2 Å². The van der Waals surface area contributed by atoms with Gasteiger partial charge in [0, 0.05) is 12.5 Å². The molecule has 4 atom stereocenters. The zero-order valence-corrected chi connectivity index (χ0v) is 18.3. The van der Waals surface area contributed by atoms with Gasteiger partial charge in [-0.3, -0.25) is 4.79 Å². The van der Waals surface area contributed by atoms with Crippen molar-refractivity contribution < 1.29 is 24.1 Å². The summed E-state index contributed by atoms with van der Waals surface area (Å²) in [5.74, 6) is 0.532. The van der Waals surface area contributed by atoms with Crippen molar-refractivity contribution in [1.82, 2.24) is 0 Å². The maximum absolute atomic E-state index is 13.2. The lowest BCUT2D eigenvalue weighted by molar-refractivity contribution is -0.142. The van der Waals surface area contributed by atoms with Gasteiger partial charge in [-0.1, -0.05) is 54.6 Å². The van der Waals surface area contributed by atoms with Crippen LogP contribution in [0, 0.1) is 5.92 Å². The number of aliphatic hydroxyl groups excluding tert-OH is 1. The maximum Gasteiger partial charge on any atom is 0.314 e. The fourth-order valence-electron chi connectivity index (χ4n) is 4.73. The standard InChI is InChI=1S/C27H28O5/c1-30-21-12-8-19(9-13-21)24-25(23(16-17-28)18-6-4-3-5-7-18)26(32-27(24)29)20-10-14-22(31-2)15-11-20/h3-15,23-26,28H,16-17H2,1-2H3/t23-,24+,25+,26-/m0/s1. The molecule has 1 aliphatic heterocycles. The fraction of sp³-hybridized carbons (Fsp3) is 0.296. The summed E-state index contributed by atoms with van der Waals surface area (Å²) >= 11 is 0. The largest absolute Gasteiger partial charge is 0.497 e. The van der Waals surface area contributed by atoms with Crippen LogP contribution >= 0.6 is 0 Å². The third-order valence-electron chi connectivity index (χ3n) is 6.28. The molecule has 0 radical (unpaired) electrons. The molecule has 5 heteroatoms. The van der Waals surface area contributed by atoms with Gasteiger partial charge in [-0.25, -0.2) is 0 Å². The number of esters is 1. The van der Waals surface area contributed by atoms with E-state index >= 15 is 0 Å². The van der Waals surface area contributed by atoms with E-state index < -0.39 is 12.0 Å². The van der Waals surface area contributed by atoms with Crippen molar-refractivity contribution in [2.75, 3.05) is 20.8 Å². The van der Waals surface area contributed by atoms with E-state index in [-0.39, 0.29) is 24.4 Å². The normalized spacial score (nSPS) is 21.1. The smallest absolute Gasteiger partial charge is 0.314 e. The van der Waals surface area contributed by atoms with Gasteiger partial charge in [-0.2, -0.15) is 0 Å². The zero-order chi connectivity index (χ0) is 22.5. The first-order valence-corrected chi connectivity index (χ1v) is 10.8. The molecule has 0 aromatic heterocycles. The molecule has 0 saturated carbocycles. The second kappa shape index (κ2) is 9.88. The van der Waals surface area contributed by atoms with E-state index in [1.807, 2.05) is 66.7 Å². The predicted octanol–water partition coefficient (Wildman–Crippen LogP) is 4.87. The van der Waals surface area contributed by atoms with Gasteiger partial charge in [0.05, 0.1) is 20.1 Å². The van der Waals surface area contributed by atoms with Gasteiger partial charge in [0.25, 0.3) is 0 Å². The van der Waals surface area contributed by atoms with Gasteiger partial charge in [0.1, 0.15) is 17.6 Å². The minimum absolute atomic E-state index is 0.0227. The Hall–Kier alpha value is -3.31. The molecule has 0 unspecified atom stereocenters. The molecule has 0 amide bonds. The molecule has 166 valence electrons. The topological polar surface area (TPSA) is 65.0 Å². The van der Waals surface area contributed by atoms with Crippen LogP contribution in [0.15, 0.2) is 78.9 Å². The summed E-state index contributed by atoms with van der Waals surface area (Å²) in [6, 6.07) is 25.3. The molecule has 3 aromatic rings. The van der Waals surface area contributed by atoms with Crippen LogP contribution in [0.2, 0.25) is 0 Å². The quantitative estimate of drug-likeness (QED) is 0.515. The molecule has 5 nitrogen and oxygen atoms in total. The van der Waals surface area contributed by atoms with Gasteiger partial charge in [-0.05, 0) is 53.3 Å². The second-order valence-electron chi connectivity index (χ2n) is 7.99. The zero-order valence-electron chi connectivity index (χ0n) is 18.3. The Morgan fingerprint density at radius 3 is 1.94 bits per heavy atom. The van der Waals surface area contributed by atoms with Crippen LogP contribution < -0.4 is 9.47 Å². The van der Waals surface area contributed by atoms with Crippen molar-refractivity contribution in [2.24, 2.45) is 5.92 Å².